The van der Waals surface area contributed by atoms with E-state index < -0.39 is 18.1 Å². The lowest BCUT2D eigenvalue weighted by Crippen LogP contribution is -2.52. The first-order valence-electron chi connectivity index (χ1n) is 15.1. The van der Waals surface area contributed by atoms with Gasteiger partial charge in [-0.05, 0) is 84.5 Å². The lowest BCUT2D eigenvalue weighted by molar-refractivity contribution is -0.145. The van der Waals surface area contributed by atoms with Crippen LogP contribution in [0.5, 0.6) is 17.2 Å². The van der Waals surface area contributed by atoms with Crippen molar-refractivity contribution in [1.82, 2.24) is 5.32 Å². The number of rotatable bonds is 13. The number of aliphatic hydroxyl groups is 1. The first-order valence-corrected chi connectivity index (χ1v) is 15.1. The summed E-state index contributed by atoms with van der Waals surface area (Å²) in [6.07, 6.45) is -0.287. The predicted molar refractivity (Wildman–Crippen MR) is 173 cm³/mol. The van der Waals surface area contributed by atoms with Crippen molar-refractivity contribution in [3.8, 4) is 34.4 Å². The molecule has 1 aliphatic rings. The van der Waals surface area contributed by atoms with E-state index in [2.05, 4.69) is 30.4 Å². The molecule has 0 saturated heterocycles. The minimum Gasteiger partial charge on any atom is -0.489 e. The third-order valence-electron chi connectivity index (χ3n) is 8.26. The minimum absolute atomic E-state index is 0.151. The summed E-state index contributed by atoms with van der Waals surface area (Å²) in [5.41, 5.74) is 5.76. The Hall–Kier alpha value is -4.88. The van der Waals surface area contributed by atoms with E-state index in [1.165, 1.54) is 6.92 Å². The van der Waals surface area contributed by atoms with Gasteiger partial charge in [0, 0.05) is 12.1 Å². The fourth-order valence-electron chi connectivity index (χ4n) is 5.16. The Labute approximate surface area is 268 Å². The molecule has 3 N–H and O–H groups in total. The third-order valence-corrected chi connectivity index (χ3v) is 8.26. The molecule has 0 amide bonds. The van der Waals surface area contributed by atoms with Gasteiger partial charge in [-0.25, -0.2) is 0 Å². The van der Waals surface area contributed by atoms with Crippen LogP contribution in [0.15, 0.2) is 78.9 Å². The highest BCUT2D eigenvalue weighted by molar-refractivity contribution is 5.78. The van der Waals surface area contributed by atoms with Crippen LogP contribution in [-0.4, -0.2) is 41.5 Å². The number of hydrogen-bond acceptors (Lipinski definition) is 8. The van der Waals surface area contributed by atoms with Gasteiger partial charge in [0.25, 0.3) is 0 Å². The number of nitrogens with one attached hydrogen (secondary N) is 1. The van der Waals surface area contributed by atoms with E-state index in [-0.39, 0.29) is 19.3 Å². The van der Waals surface area contributed by atoms with Crippen LogP contribution in [0.4, 0.5) is 0 Å². The fourth-order valence-corrected chi connectivity index (χ4v) is 5.16. The molecule has 0 fully saturated rings. The zero-order chi connectivity index (χ0) is 32.7. The van der Waals surface area contributed by atoms with E-state index in [1.807, 2.05) is 55.5 Å². The Bertz CT molecular complexity index is 1750. The molecule has 0 aromatic heterocycles. The SMILES string of the molecule is Cc1c(COC(C)c2ccc(CN[C@@](C)(CO)C(=O)O)c(OCc3cccc(C#N)c3)c2)cccc1-c1ccc2c(c1)OCCO2. The summed E-state index contributed by atoms with van der Waals surface area (Å²) in [6.45, 7) is 6.75. The number of ether oxygens (including phenoxy) is 4. The molecule has 5 rings (SSSR count). The second-order valence-electron chi connectivity index (χ2n) is 11.5. The summed E-state index contributed by atoms with van der Waals surface area (Å²) in [6, 6.07) is 27.2. The largest absolute Gasteiger partial charge is 0.489 e. The number of carboxylic acids is 1. The van der Waals surface area contributed by atoms with Crippen LogP contribution in [-0.2, 0) is 29.3 Å². The topological polar surface area (TPSA) is 130 Å². The van der Waals surface area contributed by atoms with Gasteiger partial charge in [-0.3, -0.25) is 10.1 Å². The van der Waals surface area contributed by atoms with Crippen molar-refractivity contribution in [3.05, 3.63) is 112 Å². The van der Waals surface area contributed by atoms with E-state index >= 15 is 0 Å². The quantitative estimate of drug-likeness (QED) is 0.162. The zero-order valence-corrected chi connectivity index (χ0v) is 26.2. The number of hydrogen-bond donors (Lipinski definition) is 3. The Morgan fingerprint density at radius 3 is 2.54 bits per heavy atom. The molecule has 46 heavy (non-hydrogen) atoms. The molecular formula is C37H38N2O7. The monoisotopic (exact) mass is 622 g/mol. The van der Waals surface area contributed by atoms with Gasteiger partial charge in [0.1, 0.15) is 31.1 Å². The fraction of sp³-hybridized carbons (Fsp3) is 0.297. The standard InChI is InChI=1S/C37H38N2O7/c1-24-31(8-5-9-32(24)29-12-13-33-35(18-29)44-15-14-43-33)22-45-25(2)28-10-11-30(20-39-37(3,23-40)36(41)42)34(17-28)46-21-27-7-4-6-26(16-27)19-38/h4-13,16-18,25,39-40H,14-15,20-23H2,1-3H3,(H,41,42)/t25?,37-/m0/s1. The summed E-state index contributed by atoms with van der Waals surface area (Å²) < 4.78 is 24.1. The number of fused-ring (bicyclic) bond motifs is 1. The molecule has 238 valence electrons. The molecule has 0 spiro atoms. The lowest BCUT2D eigenvalue weighted by atomic mass is 9.96. The van der Waals surface area contributed by atoms with Crippen LogP contribution < -0.4 is 19.5 Å². The van der Waals surface area contributed by atoms with Gasteiger partial charge in [0.15, 0.2) is 11.5 Å². The van der Waals surface area contributed by atoms with Crippen LogP contribution in [0.1, 0.15) is 53.3 Å². The predicted octanol–water partition coefficient (Wildman–Crippen LogP) is 6.09. The van der Waals surface area contributed by atoms with Crippen molar-refractivity contribution < 1.29 is 34.0 Å². The van der Waals surface area contributed by atoms with Gasteiger partial charge in [-0.2, -0.15) is 5.26 Å². The van der Waals surface area contributed by atoms with Gasteiger partial charge in [-0.1, -0.05) is 48.5 Å². The summed E-state index contributed by atoms with van der Waals surface area (Å²) in [5.74, 6) is 0.894. The molecular weight excluding hydrogens is 584 g/mol. The summed E-state index contributed by atoms with van der Waals surface area (Å²) in [5, 5.41) is 31.5. The number of aliphatic hydroxyl groups excluding tert-OH is 1. The molecule has 1 heterocycles. The van der Waals surface area contributed by atoms with E-state index in [0.717, 1.165) is 50.4 Å². The molecule has 4 aromatic rings. The molecule has 0 aliphatic carbocycles. The summed E-state index contributed by atoms with van der Waals surface area (Å²) >= 11 is 0. The van der Waals surface area contributed by atoms with Gasteiger partial charge < -0.3 is 29.2 Å². The Morgan fingerprint density at radius 1 is 1.00 bits per heavy atom. The molecule has 0 radical (unpaired) electrons. The maximum absolute atomic E-state index is 11.7. The van der Waals surface area contributed by atoms with Crippen molar-refractivity contribution in [2.24, 2.45) is 0 Å². The molecule has 9 nitrogen and oxygen atoms in total. The smallest absolute Gasteiger partial charge is 0.326 e. The van der Waals surface area contributed by atoms with E-state index in [1.54, 1.807) is 18.2 Å². The first kappa shape index (κ1) is 32.5. The first-order chi connectivity index (χ1) is 22.2. The molecule has 0 bridgehead atoms. The number of aliphatic carboxylic acids is 1. The second-order valence-corrected chi connectivity index (χ2v) is 11.5. The molecule has 2 atom stereocenters. The second kappa shape index (κ2) is 14.5. The van der Waals surface area contributed by atoms with Crippen molar-refractivity contribution >= 4 is 5.97 Å². The highest BCUT2D eigenvalue weighted by Crippen LogP contribution is 2.36. The maximum Gasteiger partial charge on any atom is 0.326 e. The Kier molecular flexibility index (Phi) is 10.2. The van der Waals surface area contributed by atoms with Gasteiger partial charge in [0.05, 0.1) is 31.0 Å². The van der Waals surface area contributed by atoms with Gasteiger partial charge in [-0.15, -0.1) is 0 Å². The highest BCUT2D eigenvalue weighted by Gasteiger charge is 2.32. The number of nitriles is 1. The minimum atomic E-state index is -1.51. The Morgan fingerprint density at radius 2 is 1.78 bits per heavy atom. The normalized spacial score (nSPS) is 14.2. The third kappa shape index (κ3) is 7.49. The average molecular weight is 623 g/mol. The van der Waals surface area contributed by atoms with Crippen molar-refractivity contribution in [3.63, 3.8) is 0 Å². The molecule has 9 heteroatoms. The van der Waals surface area contributed by atoms with Crippen LogP contribution in [0, 0.1) is 18.3 Å². The summed E-state index contributed by atoms with van der Waals surface area (Å²) in [7, 11) is 0. The van der Waals surface area contributed by atoms with Crippen LogP contribution in [0.3, 0.4) is 0 Å². The number of benzene rings is 4. The lowest BCUT2D eigenvalue weighted by Gasteiger charge is -2.25. The average Bonchev–Trinajstić information content (AvgIpc) is 3.09. The molecule has 1 unspecified atom stereocenters. The zero-order valence-electron chi connectivity index (χ0n) is 26.2. The van der Waals surface area contributed by atoms with E-state index in [0.29, 0.717) is 31.1 Å². The van der Waals surface area contributed by atoms with E-state index in [4.69, 9.17) is 18.9 Å². The van der Waals surface area contributed by atoms with Crippen LogP contribution in [0.2, 0.25) is 0 Å². The number of carboxylic acid groups (broad SMARTS) is 1. The maximum atomic E-state index is 11.7. The van der Waals surface area contributed by atoms with Crippen LogP contribution >= 0.6 is 0 Å². The van der Waals surface area contributed by atoms with Crippen molar-refractivity contribution in [2.75, 3.05) is 19.8 Å². The van der Waals surface area contributed by atoms with Gasteiger partial charge in [0.2, 0.25) is 0 Å². The van der Waals surface area contributed by atoms with Crippen LogP contribution in [0.25, 0.3) is 11.1 Å². The molecule has 1 aliphatic heterocycles. The number of carbonyl (C=O) groups is 1. The Balaban J connectivity index is 1.33. The molecule has 4 aromatic carbocycles. The van der Waals surface area contributed by atoms with E-state index in [9.17, 15) is 20.3 Å². The van der Waals surface area contributed by atoms with Crippen molar-refractivity contribution in [1.29, 1.82) is 5.26 Å². The molecule has 0 saturated carbocycles. The summed E-state index contributed by atoms with van der Waals surface area (Å²) in [4.78, 5) is 11.7. The highest BCUT2D eigenvalue weighted by atomic mass is 16.6. The number of nitrogens with zero attached hydrogens (tertiary/aromatic N) is 1. The van der Waals surface area contributed by atoms with Gasteiger partial charge >= 0.3 is 5.97 Å². The van der Waals surface area contributed by atoms with Crippen molar-refractivity contribution in [2.45, 2.75) is 52.2 Å².